The molecule has 0 rings (SSSR count). The third-order valence-electron chi connectivity index (χ3n) is 0.957. The van der Waals surface area contributed by atoms with Crippen LogP contribution in [0.4, 0.5) is 0 Å². The topological polar surface area (TPSA) is 75.6 Å². The highest BCUT2D eigenvalue weighted by molar-refractivity contribution is 5.75. The van der Waals surface area contributed by atoms with Crippen molar-refractivity contribution in [2.45, 2.75) is 13.3 Å². The summed E-state index contributed by atoms with van der Waals surface area (Å²) in [6.45, 7) is 1.29. The van der Waals surface area contributed by atoms with Gasteiger partial charge in [0.25, 0.3) is 0 Å². The molecule has 0 aliphatic heterocycles. The molecule has 12 heavy (non-hydrogen) atoms. The second-order valence-electron chi connectivity index (χ2n) is 1.76. The van der Waals surface area contributed by atoms with Gasteiger partial charge in [0.2, 0.25) is 5.91 Å². The normalized spacial score (nSPS) is 7.67. The van der Waals surface area contributed by atoms with Crippen LogP contribution in [0, 0.1) is 0 Å². The smallest absolute Gasteiger partial charge is 0.331 e. The summed E-state index contributed by atoms with van der Waals surface area (Å²) in [7, 11) is 2.85. The maximum absolute atomic E-state index is 10.1. The van der Waals surface area contributed by atoms with E-state index in [9.17, 15) is 9.59 Å². The van der Waals surface area contributed by atoms with E-state index in [1.807, 2.05) is 6.92 Å². The summed E-state index contributed by atoms with van der Waals surface area (Å²) in [6.07, 6.45) is 0.580. The summed E-state index contributed by atoms with van der Waals surface area (Å²) in [5.74, 6) is -0.509. The minimum atomic E-state index is -0.602. The Balaban J connectivity index is 0. The highest BCUT2D eigenvalue weighted by Gasteiger charge is 1.89. The van der Waals surface area contributed by atoms with Crippen LogP contribution in [0.3, 0.4) is 0 Å². The number of methoxy groups -OCH3 is 1. The van der Waals surface area contributed by atoms with Crippen LogP contribution in [-0.2, 0) is 14.3 Å². The van der Waals surface area contributed by atoms with Gasteiger partial charge in [-0.25, -0.2) is 4.79 Å². The van der Waals surface area contributed by atoms with E-state index in [-0.39, 0.29) is 5.91 Å². The molecule has 5 heteroatoms. The largest absolute Gasteiger partial charge is 0.467 e. The average molecular weight is 177 g/mol. The van der Waals surface area contributed by atoms with Crippen molar-refractivity contribution < 1.29 is 19.4 Å². The number of carbonyl (C=O) groups excluding carboxylic acids is 2. The summed E-state index contributed by atoms with van der Waals surface area (Å²) < 4.78 is 4.01. The molecule has 0 atom stereocenters. The van der Waals surface area contributed by atoms with Crippen molar-refractivity contribution in [1.29, 1.82) is 0 Å². The Hall–Kier alpha value is -1.10. The molecule has 0 spiro atoms. The van der Waals surface area contributed by atoms with E-state index in [1.54, 1.807) is 7.05 Å². The number of aliphatic hydroxyl groups excluding tert-OH is 1. The molecule has 0 aromatic carbocycles. The second kappa shape index (κ2) is 9.90. The number of amides is 1. The zero-order valence-corrected chi connectivity index (χ0v) is 7.59. The van der Waals surface area contributed by atoms with E-state index in [1.165, 1.54) is 7.11 Å². The molecule has 1 amide bonds. The van der Waals surface area contributed by atoms with Crippen LogP contribution in [0.25, 0.3) is 0 Å². The number of aliphatic hydroxyl groups is 1. The average Bonchev–Trinajstić information content (AvgIpc) is 2.16. The van der Waals surface area contributed by atoms with Crippen molar-refractivity contribution in [1.82, 2.24) is 5.32 Å². The Labute approximate surface area is 71.7 Å². The van der Waals surface area contributed by atoms with Crippen molar-refractivity contribution in [2.24, 2.45) is 0 Å². The van der Waals surface area contributed by atoms with Crippen molar-refractivity contribution in [3.63, 3.8) is 0 Å². The van der Waals surface area contributed by atoms with Gasteiger partial charge >= 0.3 is 5.97 Å². The first-order valence-electron chi connectivity index (χ1n) is 3.50. The summed E-state index contributed by atoms with van der Waals surface area (Å²) in [6, 6.07) is 0. The highest BCUT2D eigenvalue weighted by atomic mass is 16.5. The highest BCUT2D eigenvalue weighted by Crippen LogP contribution is 1.68. The first-order valence-corrected chi connectivity index (χ1v) is 3.50. The predicted octanol–water partition coefficient (Wildman–Crippen LogP) is -0.706. The lowest BCUT2D eigenvalue weighted by Crippen LogP contribution is -2.15. The number of hydrogen-bond acceptors (Lipinski definition) is 4. The van der Waals surface area contributed by atoms with E-state index in [0.29, 0.717) is 6.42 Å². The molecule has 5 nitrogen and oxygen atoms in total. The van der Waals surface area contributed by atoms with E-state index < -0.39 is 12.6 Å². The fraction of sp³-hybridized carbons (Fsp3) is 0.714. The van der Waals surface area contributed by atoms with E-state index >= 15 is 0 Å². The number of rotatable bonds is 2. The van der Waals surface area contributed by atoms with Crippen LogP contribution in [0.5, 0.6) is 0 Å². The number of ether oxygens (including phenoxy) is 1. The molecule has 0 aromatic heterocycles. The van der Waals surface area contributed by atoms with Gasteiger partial charge in [-0.05, 0) is 0 Å². The SMILES string of the molecule is CCC(=O)NC.COC(=O)CO. The summed E-state index contributed by atoms with van der Waals surface area (Å²) >= 11 is 0. The lowest BCUT2D eigenvalue weighted by Gasteiger charge is -1.87. The molecular weight excluding hydrogens is 162 g/mol. The molecule has 0 heterocycles. The number of hydrogen-bond donors (Lipinski definition) is 2. The van der Waals surface area contributed by atoms with Crippen molar-refractivity contribution in [3.8, 4) is 0 Å². The maximum Gasteiger partial charge on any atom is 0.331 e. The third kappa shape index (κ3) is 11.7. The van der Waals surface area contributed by atoms with Crippen LogP contribution in [0.15, 0.2) is 0 Å². The first-order chi connectivity index (χ1) is 5.62. The number of esters is 1. The Morgan fingerprint density at radius 3 is 2.00 bits per heavy atom. The molecule has 2 N–H and O–H groups in total. The van der Waals surface area contributed by atoms with Crippen molar-refractivity contribution >= 4 is 11.9 Å². The van der Waals surface area contributed by atoms with Gasteiger partial charge in [0.1, 0.15) is 6.61 Å². The standard InChI is InChI=1S/C4H9NO.C3H6O3/c1-3-4(6)5-2;1-6-3(5)2-4/h3H2,1-2H3,(H,5,6);4H,2H2,1H3. The molecule has 0 saturated carbocycles. The quantitative estimate of drug-likeness (QED) is 0.546. The van der Waals surface area contributed by atoms with Gasteiger partial charge in [-0.3, -0.25) is 4.79 Å². The van der Waals surface area contributed by atoms with Gasteiger partial charge < -0.3 is 15.2 Å². The monoisotopic (exact) mass is 177 g/mol. The molecular formula is C7H15NO4. The molecule has 0 radical (unpaired) electrons. The Morgan fingerprint density at radius 2 is 2.00 bits per heavy atom. The predicted molar refractivity (Wildman–Crippen MR) is 43.5 cm³/mol. The Kier molecular flexibility index (Phi) is 11.1. The fourth-order valence-electron chi connectivity index (χ4n) is 0.241. The summed E-state index contributed by atoms with van der Waals surface area (Å²) in [5.41, 5.74) is 0. The lowest BCUT2D eigenvalue weighted by atomic mass is 10.5. The summed E-state index contributed by atoms with van der Waals surface area (Å²) in [5, 5.41) is 10.3. The minimum Gasteiger partial charge on any atom is -0.467 e. The van der Waals surface area contributed by atoms with Crippen LogP contribution in [0.1, 0.15) is 13.3 Å². The van der Waals surface area contributed by atoms with Gasteiger partial charge in [0, 0.05) is 13.5 Å². The zero-order valence-electron chi connectivity index (χ0n) is 7.59. The van der Waals surface area contributed by atoms with E-state index in [4.69, 9.17) is 5.11 Å². The van der Waals surface area contributed by atoms with Gasteiger partial charge in [-0.2, -0.15) is 0 Å². The van der Waals surface area contributed by atoms with Gasteiger partial charge in [-0.15, -0.1) is 0 Å². The van der Waals surface area contributed by atoms with Crippen LogP contribution >= 0.6 is 0 Å². The molecule has 72 valence electrons. The van der Waals surface area contributed by atoms with Crippen LogP contribution in [0.2, 0.25) is 0 Å². The van der Waals surface area contributed by atoms with Gasteiger partial charge in [0.05, 0.1) is 7.11 Å². The van der Waals surface area contributed by atoms with E-state index in [0.717, 1.165) is 0 Å². The Morgan fingerprint density at radius 1 is 1.50 bits per heavy atom. The van der Waals surface area contributed by atoms with E-state index in [2.05, 4.69) is 10.1 Å². The fourth-order valence-corrected chi connectivity index (χ4v) is 0.241. The first kappa shape index (κ1) is 13.5. The maximum atomic E-state index is 10.1. The van der Waals surface area contributed by atoms with Crippen molar-refractivity contribution in [3.05, 3.63) is 0 Å². The molecule has 0 fully saturated rings. The van der Waals surface area contributed by atoms with Gasteiger partial charge in [0.15, 0.2) is 0 Å². The molecule has 0 aliphatic carbocycles. The number of nitrogens with one attached hydrogen (secondary N) is 1. The molecule has 0 saturated heterocycles. The summed E-state index contributed by atoms with van der Waals surface area (Å²) in [4.78, 5) is 19.8. The van der Waals surface area contributed by atoms with Crippen LogP contribution < -0.4 is 5.32 Å². The number of carbonyl (C=O) groups is 2. The molecule has 0 aliphatic rings. The minimum absolute atomic E-state index is 0.0926. The van der Waals surface area contributed by atoms with Crippen LogP contribution in [-0.4, -0.2) is 37.7 Å². The lowest BCUT2D eigenvalue weighted by molar-refractivity contribution is -0.143. The molecule has 0 bridgehead atoms. The third-order valence-corrected chi connectivity index (χ3v) is 0.957. The molecule has 0 unspecified atom stereocenters. The second-order valence-corrected chi connectivity index (χ2v) is 1.76. The van der Waals surface area contributed by atoms with Gasteiger partial charge in [-0.1, -0.05) is 6.92 Å². The Bertz CT molecular complexity index is 107. The zero-order chi connectivity index (χ0) is 9.98. The molecule has 0 aromatic rings. The van der Waals surface area contributed by atoms with Crippen molar-refractivity contribution in [2.75, 3.05) is 20.8 Å².